The zero-order valence-corrected chi connectivity index (χ0v) is 20.5. The second kappa shape index (κ2) is 22.5. The van der Waals surface area contributed by atoms with Crippen LogP contribution in [0.25, 0.3) is 0 Å². The van der Waals surface area contributed by atoms with Crippen molar-refractivity contribution in [1.82, 2.24) is 0 Å². The number of carboxylic acid groups (broad SMARTS) is 1. The van der Waals surface area contributed by atoms with Gasteiger partial charge in [-0.25, -0.2) is 0 Å². The molecule has 0 aliphatic rings. The van der Waals surface area contributed by atoms with Gasteiger partial charge in [-0.15, -0.1) is 0 Å². The maximum atomic E-state index is 11.6. The van der Waals surface area contributed by atoms with Crippen LogP contribution in [0, 0.1) is 0 Å². The minimum absolute atomic E-state index is 0. The fourth-order valence-corrected chi connectivity index (χ4v) is 2.99. The van der Waals surface area contributed by atoms with Crippen LogP contribution in [0.3, 0.4) is 0 Å². The molecule has 0 rings (SSSR count). The molecule has 0 saturated carbocycles. The molecule has 11 heteroatoms. The summed E-state index contributed by atoms with van der Waals surface area (Å²) < 4.78 is 35.6. The number of hydrogen-bond acceptors (Lipinski definition) is 7. The number of aliphatic carboxylic acids is 1. The van der Waals surface area contributed by atoms with Gasteiger partial charge in [0.25, 0.3) is 10.1 Å². The summed E-state index contributed by atoms with van der Waals surface area (Å²) in [5, 5.41) is 21.8. The number of esters is 1. The molecule has 0 spiro atoms. The van der Waals surface area contributed by atoms with E-state index in [-0.39, 0.29) is 50.8 Å². The third-order valence-electron chi connectivity index (χ3n) is 3.82. The molecule has 0 saturated heterocycles. The van der Waals surface area contributed by atoms with Gasteiger partial charge in [-0.3, -0.25) is 14.1 Å². The quantitative estimate of drug-likeness (QED) is 0.102. The van der Waals surface area contributed by atoms with Crippen molar-refractivity contribution in [3.8, 4) is 0 Å². The van der Waals surface area contributed by atoms with Gasteiger partial charge in [-0.1, -0.05) is 64.7 Å². The zero-order chi connectivity index (χ0) is 21.8. The van der Waals surface area contributed by atoms with Gasteiger partial charge in [0.2, 0.25) is 0 Å². The first-order chi connectivity index (χ1) is 13.2. The van der Waals surface area contributed by atoms with Crippen molar-refractivity contribution in [2.45, 2.75) is 82.8 Å². The molecule has 9 nitrogen and oxygen atoms in total. The van der Waals surface area contributed by atoms with E-state index in [1.807, 2.05) is 0 Å². The SMILES string of the molecule is CCCCCCCCCCCCOC(=O)C(CC(=O)O)S(=O)(=O)O.OCCO.[H-].[Na+]. The van der Waals surface area contributed by atoms with E-state index >= 15 is 0 Å². The Balaban J connectivity index is -0.000000513. The molecular weight excluding hydrogens is 415 g/mol. The Labute approximate surface area is 197 Å². The van der Waals surface area contributed by atoms with E-state index in [4.69, 9.17) is 24.6 Å². The monoisotopic (exact) mass is 452 g/mol. The number of hydrogen-bond donors (Lipinski definition) is 4. The minimum atomic E-state index is -4.78. The van der Waals surface area contributed by atoms with Crippen molar-refractivity contribution in [2.75, 3.05) is 19.8 Å². The van der Waals surface area contributed by atoms with Gasteiger partial charge in [0.1, 0.15) is 0 Å². The average Bonchev–Trinajstić information content (AvgIpc) is 2.63. The summed E-state index contributed by atoms with van der Waals surface area (Å²) in [4.78, 5) is 22.1. The first kappa shape index (κ1) is 33.4. The average molecular weight is 453 g/mol. The van der Waals surface area contributed by atoms with Gasteiger partial charge in [-0.05, 0) is 6.42 Å². The van der Waals surface area contributed by atoms with Crippen LogP contribution in [-0.2, 0) is 24.4 Å². The number of ether oxygens (including phenoxy) is 1. The van der Waals surface area contributed by atoms with E-state index in [0.717, 1.165) is 19.3 Å². The first-order valence-electron chi connectivity index (χ1n) is 9.77. The van der Waals surface area contributed by atoms with Crippen LogP contribution < -0.4 is 29.6 Å². The Kier molecular flexibility index (Phi) is 25.9. The Morgan fingerprint density at radius 3 is 1.66 bits per heavy atom. The van der Waals surface area contributed by atoms with Crippen LogP contribution in [0.5, 0.6) is 0 Å². The standard InChI is InChI=1S/C16H30O7S.C2H6O2.Na.H/c1-2-3-4-5-6-7-8-9-10-11-12-23-16(19)14(13-15(17)18)24(20,21)22;3-1-2-4;;/h14H,2-13H2,1H3,(H,17,18)(H,20,21,22);3-4H,1-2H2;;/q;;+1;-1. The minimum Gasteiger partial charge on any atom is -1.00 e. The molecule has 0 aliphatic heterocycles. The molecule has 1 atom stereocenters. The molecule has 4 N–H and O–H groups in total. The topological polar surface area (TPSA) is 158 Å². The summed E-state index contributed by atoms with van der Waals surface area (Å²) in [7, 11) is -4.78. The van der Waals surface area contributed by atoms with Crippen molar-refractivity contribution >= 4 is 22.1 Å². The van der Waals surface area contributed by atoms with Crippen LogP contribution in [0.15, 0.2) is 0 Å². The number of carbonyl (C=O) groups excluding carboxylic acids is 1. The van der Waals surface area contributed by atoms with E-state index < -0.39 is 33.7 Å². The third kappa shape index (κ3) is 23.9. The Bertz CT molecular complexity index is 502. The van der Waals surface area contributed by atoms with Gasteiger partial charge >= 0.3 is 41.5 Å². The van der Waals surface area contributed by atoms with E-state index in [1.54, 1.807) is 0 Å². The normalized spacial score (nSPS) is 11.6. The van der Waals surface area contributed by atoms with Crippen molar-refractivity contribution < 1.29 is 73.6 Å². The van der Waals surface area contributed by atoms with Gasteiger partial charge in [0, 0.05) is 0 Å². The van der Waals surface area contributed by atoms with Crippen LogP contribution in [-0.4, -0.2) is 65.3 Å². The van der Waals surface area contributed by atoms with Crippen molar-refractivity contribution in [1.29, 1.82) is 0 Å². The summed E-state index contributed by atoms with van der Waals surface area (Å²) in [5.41, 5.74) is 0. The summed E-state index contributed by atoms with van der Waals surface area (Å²) in [5.74, 6) is -2.70. The number of aliphatic hydroxyl groups is 2. The fraction of sp³-hybridized carbons (Fsp3) is 0.889. The van der Waals surface area contributed by atoms with Gasteiger partial charge in [0.05, 0.1) is 26.2 Å². The molecule has 0 aromatic rings. The molecule has 0 bridgehead atoms. The zero-order valence-electron chi connectivity index (χ0n) is 18.7. The van der Waals surface area contributed by atoms with Crippen LogP contribution in [0.2, 0.25) is 0 Å². The van der Waals surface area contributed by atoms with Gasteiger partial charge in [-0.2, -0.15) is 8.42 Å². The first-order valence-corrected chi connectivity index (χ1v) is 11.3. The third-order valence-corrected chi connectivity index (χ3v) is 4.90. The van der Waals surface area contributed by atoms with E-state index in [2.05, 4.69) is 6.92 Å². The maximum Gasteiger partial charge on any atom is 1.00 e. The molecule has 0 heterocycles. The van der Waals surface area contributed by atoms with Crippen molar-refractivity contribution in [3.63, 3.8) is 0 Å². The van der Waals surface area contributed by atoms with E-state index in [0.29, 0.717) is 6.42 Å². The number of unbranched alkanes of at least 4 members (excludes halogenated alkanes) is 9. The second-order valence-corrected chi connectivity index (χ2v) is 8.00. The molecular formula is C18H37NaO9S. The molecule has 0 fully saturated rings. The Morgan fingerprint density at radius 2 is 1.31 bits per heavy atom. The Morgan fingerprint density at radius 1 is 0.897 bits per heavy atom. The summed E-state index contributed by atoms with van der Waals surface area (Å²) in [6, 6.07) is 0. The van der Waals surface area contributed by atoms with Crippen LogP contribution >= 0.6 is 0 Å². The van der Waals surface area contributed by atoms with Gasteiger partial charge < -0.3 is 21.5 Å². The summed E-state index contributed by atoms with van der Waals surface area (Å²) in [6.07, 6.45) is 10.1. The summed E-state index contributed by atoms with van der Waals surface area (Å²) >= 11 is 0. The summed E-state index contributed by atoms with van der Waals surface area (Å²) in [6.45, 7) is 1.97. The Hall–Kier alpha value is -0.230. The predicted molar refractivity (Wildman–Crippen MR) is 106 cm³/mol. The molecule has 29 heavy (non-hydrogen) atoms. The molecule has 0 radical (unpaired) electrons. The molecule has 0 aromatic heterocycles. The molecule has 0 amide bonds. The van der Waals surface area contributed by atoms with E-state index in [9.17, 15) is 18.0 Å². The smallest absolute Gasteiger partial charge is 1.00 e. The molecule has 0 aliphatic carbocycles. The fourth-order valence-electron chi connectivity index (χ4n) is 2.32. The number of aliphatic hydroxyl groups excluding tert-OH is 2. The number of carbonyl (C=O) groups is 2. The second-order valence-electron chi connectivity index (χ2n) is 6.40. The van der Waals surface area contributed by atoms with Crippen molar-refractivity contribution in [3.05, 3.63) is 0 Å². The largest absolute Gasteiger partial charge is 1.00 e. The molecule has 1 unspecified atom stereocenters. The van der Waals surface area contributed by atoms with E-state index in [1.165, 1.54) is 38.5 Å². The maximum absolute atomic E-state index is 11.6. The van der Waals surface area contributed by atoms with Gasteiger partial charge in [0.15, 0.2) is 5.25 Å². The van der Waals surface area contributed by atoms with Crippen LogP contribution in [0.4, 0.5) is 0 Å². The molecule has 0 aromatic carbocycles. The van der Waals surface area contributed by atoms with Crippen LogP contribution in [0.1, 0.15) is 79.0 Å². The van der Waals surface area contributed by atoms with Crippen molar-refractivity contribution in [2.24, 2.45) is 0 Å². The number of carboxylic acids is 1. The molecule has 170 valence electrons. The number of rotatable bonds is 16. The predicted octanol–water partition coefficient (Wildman–Crippen LogP) is -0.731.